The molecule has 2 aliphatic rings. The summed E-state index contributed by atoms with van der Waals surface area (Å²) >= 11 is 0. The number of carbonyl (C=O) groups is 2. The minimum atomic E-state index is -1.43. The maximum atomic E-state index is 14.9. The molecule has 3 heterocycles. The number of halogens is 2. The minimum Gasteiger partial charge on any atom is -0.477 e. The highest BCUT2D eigenvalue weighted by Crippen LogP contribution is 2.37. The molecule has 2 atom stereocenters. The first-order chi connectivity index (χ1) is 19.4. The number of anilines is 1. The number of hydrogen-bond acceptors (Lipinski definition) is 5. The van der Waals surface area contributed by atoms with Crippen LogP contribution < -0.4 is 15.4 Å². The Balaban J connectivity index is 1.45. The number of amides is 2. The van der Waals surface area contributed by atoms with Gasteiger partial charge >= 0.3 is 0 Å². The highest BCUT2D eigenvalue weighted by molar-refractivity contribution is 6.20. The first kappa shape index (κ1) is 25.4. The first-order valence-corrected chi connectivity index (χ1v) is 13.0. The van der Waals surface area contributed by atoms with E-state index in [1.807, 2.05) is 13.0 Å². The molecule has 3 aromatic carbocycles. The lowest BCUT2D eigenvalue weighted by atomic mass is 10.0. The van der Waals surface area contributed by atoms with Crippen LogP contribution in [0.5, 0.6) is 5.88 Å². The molecule has 1 aromatic heterocycles. The molecule has 0 aliphatic carbocycles. The van der Waals surface area contributed by atoms with Crippen LogP contribution in [0.15, 0.2) is 77.8 Å². The van der Waals surface area contributed by atoms with Gasteiger partial charge in [0.15, 0.2) is 0 Å². The second-order valence-electron chi connectivity index (χ2n) is 9.66. The second-order valence-corrected chi connectivity index (χ2v) is 9.66. The summed E-state index contributed by atoms with van der Waals surface area (Å²) in [6.07, 6.45) is 0.0772. The number of para-hydroxylation sites is 1. The van der Waals surface area contributed by atoms with Gasteiger partial charge < -0.3 is 15.4 Å². The van der Waals surface area contributed by atoms with Gasteiger partial charge in [0.2, 0.25) is 12.0 Å². The van der Waals surface area contributed by atoms with Gasteiger partial charge in [-0.1, -0.05) is 54.6 Å². The minimum absolute atomic E-state index is 0.00365. The highest BCUT2D eigenvalue weighted by Gasteiger charge is 2.34. The van der Waals surface area contributed by atoms with Gasteiger partial charge in [0.05, 0.1) is 24.0 Å². The van der Waals surface area contributed by atoms with Crippen molar-refractivity contribution in [3.8, 4) is 17.1 Å². The third kappa shape index (κ3) is 4.51. The average molecular weight is 542 g/mol. The Morgan fingerprint density at radius 3 is 2.52 bits per heavy atom. The zero-order valence-corrected chi connectivity index (χ0v) is 21.5. The predicted molar refractivity (Wildman–Crippen MR) is 145 cm³/mol. The van der Waals surface area contributed by atoms with Gasteiger partial charge in [0.25, 0.3) is 11.8 Å². The van der Waals surface area contributed by atoms with Crippen molar-refractivity contribution in [2.75, 3.05) is 11.9 Å². The van der Waals surface area contributed by atoms with Crippen molar-refractivity contribution >= 4 is 23.2 Å². The van der Waals surface area contributed by atoms with Gasteiger partial charge in [-0.05, 0) is 38.0 Å². The molecule has 6 rings (SSSR count). The number of aromatic nitrogens is 2. The molecule has 0 fully saturated rings. The van der Waals surface area contributed by atoms with Crippen LogP contribution in [0, 0.1) is 11.6 Å². The Morgan fingerprint density at radius 1 is 1.00 bits per heavy atom. The van der Waals surface area contributed by atoms with E-state index in [1.165, 1.54) is 24.3 Å². The Bertz CT molecular complexity index is 1650. The van der Waals surface area contributed by atoms with Crippen LogP contribution in [-0.4, -0.2) is 40.1 Å². The fourth-order valence-electron chi connectivity index (χ4n) is 4.99. The van der Waals surface area contributed by atoms with E-state index < -0.39 is 29.6 Å². The Labute approximate surface area is 228 Å². The standard InChI is InChI=1S/C30H25F2N5O3/c1-17-9-8-16-40-30-23(26(36-37(17)30)19-12-5-6-14-21(19)31)28(38)35-27-29(39)34-25-20(13-7-15-22(25)32)24(33-27)18-10-3-2-4-11-18/h2-7,10-15,17,27H,8-9,16H2,1H3,(H,34,39)(H,35,38)/t17-,27?/m0/s1. The molecule has 2 amide bonds. The number of carbonyl (C=O) groups excluding carboxylic acids is 2. The van der Waals surface area contributed by atoms with Gasteiger partial charge in [-0.25, -0.2) is 18.5 Å². The molecule has 0 radical (unpaired) electrons. The van der Waals surface area contributed by atoms with E-state index in [1.54, 1.807) is 47.1 Å². The average Bonchev–Trinajstić information content (AvgIpc) is 3.16. The molecule has 8 nitrogen and oxygen atoms in total. The number of nitrogens with one attached hydrogen (secondary N) is 2. The summed E-state index contributed by atoms with van der Waals surface area (Å²) < 4.78 is 37.3. The third-order valence-corrected chi connectivity index (χ3v) is 6.98. The normalized spacial score (nSPS) is 18.3. The number of fused-ring (bicyclic) bond motifs is 2. The van der Waals surface area contributed by atoms with E-state index in [4.69, 9.17) is 4.74 Å². The van der Waals surface area contributed by atoms with E-state index in [9.17, 15) is 18.4 Å². The van der Waals surface area contributed by atoms with Crippen LogP contribution in [-0.2, 0) is 4.79 Å². The number of rotatable bonds is 4. The summed E-state index contributed by atoms with van der Waals surface area (Å²) in [7, 11) is 0. The lowest BCUT2D eigenvalue weighted by molar-refractivity contribution is -0.117. The summed E-state index contributed by atoms with van der Waals surface area (Å²) in [4.78, 5) is 31.8. The SMILES string of the molecule is C[C@H]1CCCOc2c(C(=O)NC3N=C(c4ccccc4)c4cccc(F)c4NC3=O)c(-c3ccccc3F)nn21. The van der Waals surface area contributed by atoms with Crippen molar-refractivity contribution in [1.29, 1.82) is 0 Å². The Kier molecular flexibility index (Phi) is 6.59. The van der Waals surface area contributed by atoms with E-state index in [0.717, 1.165) is 12.8 Å². The summed E-state index contributed by atoms with van der Waals surface area (Å²) in [6.45, 7) is 2.29. The molecular formula is C30H25F2N5O3. The number of benzodiazepines with no additional fused rings is 1. The van der Waals surface area contributed by atoms with E-state index >= 15 is 0 Å². The van der Waals surface area contributed by atoms with Crippen molar-refractivity contribution in [2.45, 2.75) is 32.0 Å². The van der Waals surface area contributed by atoms with Gasteiger partial charge in [-0.3, -0.25) is 9.59 Å². The Morgan fingerprint density at radius 2 is 1.73 bits per heavy atom. The fraction of sp³-hybridized carbons (Fsp3) is 0.200. The van der Waals surface area contributed by atoms with Crippen molar-refractivity contribution in [2.24, 2.45) is 4.99 Å². The molecule has 10 heteroatoms. The number of hydrogen-bond donors (Lipinski definition) is 2. The topological polar surface area (TPSA) is 97.6 Å². The molecule has 0 spiro atoms. The molecule has 202 valence electrons. The largest absolute Gasteiger partial charge is 0.477 e. The quantitative estimate of drug-likeness (QED) is 0.375. The van der Waals surface area contributed by atoms with Crippen LogP contribution in [0.2, 0.25) is 0 Å². The van der Waals surface area contributed by atoms with Gasteiger partial charge in [0, 0.05) is 16.7 Å². The molecule has 0 bridgehead atoms. The third-order valence-electron chi connectivity index (χ3n) is 6.98. The molecule has 1 unspecified atom stereocenters. The van der Waals surface area contributed by atoms with Gasteiger partial charge in [0.1, 0.15) is 22.9 Å². The van der Waals surface area contributed by atoms with Crippen LogP contribution in [0.4, 0.5) is 14.5 Å². The monoisotopic (exact) mass is 541 g/mol. The number of nitrogens with zero attached hydrogens (tertiary/aromatic N) is 3. The zero-order valence-electron chi connectivity index (χ0n) is 21.5. The van der Waals surface area contributed by atoms with Crippen molar-refractivity contribution < 1.29 is 23.1 Å². The number of benzene rings is 3. The van der Waals surface area contributed by atoms with Crippen molar-refractivity contribution in [1.82, 2.24) is 15.1 Å². The van der Waals surface area contributed by atoms with Crippen LogP contribution in [0.1, 0.15) is 47.3 Å². The van der Waals surface area contributed by atoms with E-state index in [-0.39, 0.29) is 34.4 Å². The summed E-state index contributed by atoms with van der Waals surface area (Å²) in [5.74, 6) is -2.45. The Hall–Kier alpha value is -4.86. The van der Waals surface area contributed by atoms with Crippen molar-refractivity contribution in [3.05, 3.63) is 101 Å². The first-order valence-electron chi connectivity index (χ1n) is 13.0. The highest BCUT2D eigenvalue weighted by atomic mass is 19.1. The fourth-order valence-corrected chi connectivity index (χ4v) is 4.99. The summed E-state index contributed by atoms with van der Waals surface area (Å²) in [6, 6.07) is 19.3. The molecule has 0 saturated carbocycles. The molecule has 0 saturated heterocycles. The lowest BCUT2D eigenvalue weighted by Gasteiger charge is -2.15. The zero-order chi connectivity index (χ0) is 27.8. The van der Waals surface area contributed by atoms with Crippen molar-refractivity contribution in [3.63, 3.8) is 0 Å². The maximum Gasteiger partial charge on any atom is 0.269 e. The predicted octanol–water partition coefficient (Wildman–Crippen LogP) is 5.11. The number of ether oxygens (including phenoxy) is 1. The molecule has 40 heavy (non-hydrogen) atoms. The molecule has 2 N–H and O–H groups in total. The van der Waals surface area contributed by atoms with E-state index in [2.05, 4.69) is 20.7 Å². The van der Waals surface area contributed by atoms with Crippen LogP contribution in [0.3, 0.4) is 0 Å². The number of aliphatic imine (C=N–C) groups is 1. The van der Waals surface area contributed by atoms with Crippen LogP contribution in [0.25, 0.3) is 11.3 Å². The molecular weight excluding hydrogens is 516 g/mol. The van der Waals surface area contributed by atoms with E-state index in [0.29, 0.717) is 23.4 Å². The lowest BCUT2D eigenvalue weighted by Crippen LogP contribution is -2.42. The molecule has 2 aliphatic heterocycles. The summed E-state index contributed by atoms with van der Waals surface area (Å²) in [5.41, 5.74) is 1.51. The molecule has 4 aromatic rings. The smallest absolute Gasteiger partial charge is 0.269 e. The maximum absolute atomic E-state index is 14.9. The van der Waals surface area contributed by atoms with Gasteiger partial charge in [-0.15, -0.1) is 0 Å². The second kappa shape index (κ2) is 10.4. The van der Waals surface area contributed by atoms with Crippen LogP contribution >= 0.6 is 0 Å². The summed E-state index contributed by atoms with van der Waals surface area (Å²) in [5, 5.41) is 9.82. The van der Waals surface area contributed by atoms with Gasteiger partial charge in [-0.2, -0.15) is 5.10 Å².